The van der Waals surface area contributed by atoms with E-state index in [1.807, 2.05) is 19.9 Å². The summed E-state index contributed by atoms with van der Waals surface area (Å²) in [4.78, 5) is 30.0. The average Bonchev–Trinajstić information content (AvgIpc) is 3.14. The number of urea groups is 1. The fourth-order valence-corrected chi connectivity index (χ4v) is 3.60. The van der Waals surface area contributed by atoms with E-state index >= 15 is 0 Å². The van der Waals surface area contributed by atoms with Gasteiger partial charge in [-0.15, -0.1) is 0 Å². The molecule has 1 saturated heterocycles. The molecular formula is C20H28N6O3. The maximum Gasteiger partial charge on any atom is 0.321 e. The van der Waals surface area contributed by atoms with Crippen molar-refractivity contribution in [3.05, 3.63) is 35.3 Å². The van der Waals surface area contributed by atoms with Crippen molar-refractivity contribution in [2.45, 2.75) is 33.1 Å². The molecule has 0 bridgehead atoms. The van der Waals surface area contributed by atoms with Crippen molar-refractivity contribution < 1.29 is 14.1 Å². The predicted octanol–water partition coefficient (Wildman–Crippen LogP) is 2.34. The van der Waals surface area contributed by atoms with Gasteiger partial charge >= 0.3 is 6.03 Å². The molecule has 3 amide bonds. The van der Waals surface area contributed by atoms with E-state index < -0.39 is 0 Å². The van der Waals surface area contributed by atoms with E-state index in [0.29, 0.717) is 24.0 Å². The number of nitrogens with zero attached hydrogens (tertiary/aromatic N) is 3. The molecule has 3 N–H and O–H groups in total. The van der Waals surface area contributed by atoms with E-state index in [1.165, 1.54) is 0 Å². The summed E-state index contributed by atoms with van der Waals surface area (Å²) in [7, 11) is 1.60. The van der Waals surface area contributed by atoms with Gasteiger partial charge in [-0.2, -0.15) is 0 Å². The standard InChI is InChI=1S/C20H28N6O3/c1-4-22-20(28)24-18-12-15(25-29-18)11-14-7-9-26(10-8-14)17-6-5-16(19(27)21-3)23-13(17)2/h5-6,12,14H,4,7-11H2,1-3H3,(H,21,27)(H2,22,24,28). The second-order valence-corrected chi connectivity index (χ2v) is 7.18. The maximum absolute atomic E-state index is 11.7. The molecule has 9 heteroatoms. The molecular weight excluding hydrogens is 372 g/mol. The number of hydrogen-bond donors (Lipinski definition) is 3. The lowest BCUT2D eigenvalue weighted by Crippen LogP contribution is -2.35. The summed E-state index contributed by atoms with van der Waals surface area (Å²) < 4.78 is 5.20. The lowest BCUT2D eigenvalue weighted by Gasteiger charge is -2.34. The summed E-state index contributed by atoms with van der Waals surface area (Å²) in [6, 6.07) is 5.23. The summed E-state index contributed by atoms with van der Waals surface area (Å²) in [6.45, 7) is 6.19. The molecule has 3 heterocycles. The largest absolute Gasteiger partial charge is 0.370 e. The van der Waals surface area contributed by atoms with Crippen LogP contribution in [-0.4, -0.2) is 48.8 Å². The summed E-state index contributed by atoms with van der Waals surface area (Å²) in [6.07, 6.45) is 2.88. The number of rotatable bonds is 6. The molecule has 3 rings (SSSR count). The van der Waals surface area contributed by atoms with Crippen molar-refractivity contribution in [3.63, 3.8) is 0 Å². The Morgan fingerprint density at radius 3 is 2.69 bits per heavy atom. The number of hydrogen-bond acceptors (Lipinski definition) is 6. The molecule has 1 aliphatic rings. The van der Waals surface area contributed by atoms with Gasteiger partial charge < -0.3 is 20.1 Å². The molecule has 0 unspecified atom stereocenters. The number of aromatic nitrogens is 2. The normalized spacial score (nSPS) is 14.5. The monoisotopic (exact) mass is 400 g/mol. The topological polar surface area (TPSA) is 112 Å². The Kier molecular flexibility index (Phi) is 6.69. The number of anilines is 2. The van der Waals surface area contributed by atoms with Crippen molar-refractivity contribution >= 4 is 23.5 Å². The Hall–Kier alpha value is -3.10. The molecule has 2 aromatic heterocycles. The zero-order valence-corrected chi connectivity index (χ0v) is 17.1. The molecule has 0 atom stereocenters. The van der Waals surface area contributed by atoms with Crippen LogP contribution in [0.2, 0.25) is 0 Å². The quantitative estimate of drug-likeness (QED) is 0.686. The second kappa shape index (κ2) is 9.40. The van der Waals surface area contributed by atoms with Crippen molar-refractivity contribution in [1.29, 1.82) is 0 Å². The summed E-state index contributed by atoms with van der Waals surface area (Å²) >= 11 is 0. The van der Waals surface area contributed by atoms with Crippen LogP contribution in [-0.2, 0) is 6.42 Å². The fourth-order valence-electron chi connectivity index (χ4n) is 3.60. The molecule has 0 aromatic carbocycles. The molecule has 0 spiro atoms. The molecule has 1 aliphatic heterocycles. The Morgan fingerprint density at radius 2 is 2.03 bits per heavy atom. The number of carbonyl (C=O) groups excluding carboxylic acids is 2. The Balaban J connectivity index is 1.53. The van der Waals surface area contributed by atoms with Crippen LogP contribution in [0.5, 0.6) is 0 Å². The van der Waals surface area contributed by atoms with Crippen LogP contribution in [0.3, 0.4) is 0 Å². The maximum atomic E-state index is 11.7. The SMILES string of the molecule is CCNC(=O)Nc1cc(CC2CCN(c3ccc(C(=O)NC)nc3C)CC2)no1. The molecule has 0 radical (unpaired) electrons. The van der Waals surface area contributed by atoms with Crippen LogP contribution in [0.4, 0.5) is 16.4 Å². The third kappa shape index (κ3) is 5.24. The molecule has 0 saturated carbocycles. The van der Waals surface area contributed by atoms with Gasteiger partial charge in [0, 0.05) is 32.7 Å². The number of nitrogens with one attached hydrogen (secondary N) is 3. The van der Waals surface area contributed by atoms with Crippen LogP contribution in [0.1, 0.15) is 41.6 Å². The number of aryl methyl sites for hydroxylation is 1. The highest BCUT2D eigenvalue weighted by molar-refractivity contribution is 5.92. The van der Waals surface area contributed by atoms with Gasteiger partial charge in [0.2, 0.25) is 5.88 Å². The number of amides is 3. The first-order valence-electron chi connectivity index (χ1n) is 9.95. The highest BCUT2D eigenvalue weighted by atomic mass is 16.5. The van der Waals surface area contributed by atoms with E-state index in [1.54, 1.807) is 19.2 Å². The Bertz CT molecular complexity index is 858. The Morgan fingerprint density at radius 1 is 1.28 bits per heavy atom. The van der Waals surface area contributed by atoms with E-state index in [-0.39, 0.29) is 11.9 Å². The van der Waals surface area contributed by atoms with Crippen LogP contribution in [0, 0.1) is 12.8 Å². The minimum Gasteiger partial charge on any atom is -0.370 e. The number of piperidine rings is 1. The first-order chi connectivity index (χ1) is 14.0. The van der Waals surface area contributed by atoms with Gasteiger partial charge in [-0.05, 0) is 51.2 Å². The van der Waals surface area contributed by atoms with Crippen LogP contribution >= 0.6 is 0 Å². The summed E-state index contributed by atoms with van der Waals surface area (Å²) in [5.74, 6) is 0.695. The van der Waals surface area contributed by atoms with Gasteiger partial charge in [0.1, 0.15) is 5.69 Å². The van der Waals surface area contributed by atoms with Gasteiger partial charge in [0.15, 0.2) is 0 Å². The van der Waals surface area contributed by atoms with Crippen LogP contribution < -0.4 is 20.9 Å². The third-order valence-corrected chi connectivity index (χ3v) is 5.10. The zero-order chi connectivity index (χ0) is 20.8. The Labute approximate surface area is 170 Å². The molecule has 1 fully saturated rings. The molecule has 2 aromatic rings. The zero-order valence-electron chi connectivity index (χ0n) is 17.1. The molecule has 9 nitrogen and oxygen atoms in total. The minimum absolute atomic E-state index is 0.174. The first kappa shape index (κ1) is 20.6. The first-order valence-corrected chi connectivity index (χ1v) is 9.95. The van der Waals surface area contributed by atoms with Gasteiger partial charge in [-0.3, -0.25) is 10.1 Å². The number of pyridine rings is 1. The van der Waals surface area contributed by atoms with E-state index in [4.69, 9.17) is 4.52 Å². The predicted molar refractivity (Wildman–Crippen MR) is 110 cm³/mol. The van der Waals surface area contributed by atoms with Gasteiger partial charge in [0.05, 0.1) is 17.1 Å². The van der Waals surface area contributed by atoms with Crippen molar-refractivity contribution in [2.75, 3.05) is 36.9 Å². The smallest absolute Gasteiger partial charge is 0.321 e. The fraction of sp³-hybridized carbons (Fsp3) is 0.500. The molecule has 0 aliphatic carbocycles. The van der Waals surface area contributed by atoms with Gasteiger partial charge in [-0.25, -0.2) is 9.78 Å². The van der Waals surface area contributed by atoms with E-state index in [2.05, 4.69) is 31.0 Å². The van der Waals surface area contributed by atoms with Gasteiger partial charge in [0.25, 0.3) is 5.91 Å². The molecule has 29 heavy (non-hydrogen) atoms. The van der Waals surface area contributed by atoms with E-state index in [9.17, 15) is 9.59 Å². The van der Waals surface area contributed by atoms with E-state index in [0.717, 1.165) is 49.4 Å². The van der Waals surface area contributed by atoms with Crippen LogP contribution in [0.15, 0.2) is 22.7 Å². The highest BCUT2D eigenvalue weighted by Gasteiger charge is 2.23. The third-order valence-electron chi connectivity index (χ3n) is 5.10. The minimum atomic E-state index is -0.296. The van der Waals surface area contributed by atoms with Gasteiger partial charge in [-0.1, -0.05) is 5.16 Å². The average molecular weight is 400 g/mol. The highest BCUT2D eigenvalue weighted by Crippen LogP contribution is 2.27. The van der Waals surface area contributed by atoms with Crippen LogP contribution in [0.25, 0.3) is 0 Å². The van der Waals surface area contributed by atoms with Crippen molar-refractivity contribution in [2.24, 2.45) is 5.92 Å². The summed E-state index contributed by atoms with van der Waals surface area (Å²) in [5, 5.41) is 12.0. The molecule has 156 valence electrons. The lowest BCUT2D eigenvalue weighted by atomic mass is 9.92. The summed E-state index contributed by atoms with van der Waals surface area (Å²) in [5.41, 5.74) is 3.22. The second-order valence-electron chi connectivity index (χ2n) is 7.18. The number of carbonyl (C=O) groups is 2. The lowest BCUT2D eigenvalue weighted by molar-refractivity contribution is 0.0958. The van der Waals surface area contributed by atoms with Crippen molar-refractivity contribution in [1.82, 2.24) is 20.8 Å². The van der Waals surface area contributed by atoms with Crippen molar-refractivity contribution in [3.8, 4) is 0 Å².